The third-order valence-electron chi connectivity index (χ3n) is 1.69. The molecule has 0 aliphatic carbocycles. The van der Waals surface area contributed by atoms with Gasteiger partial charge < -0.3 is 0 Å². The number of hydrogen-bond donors (Lipinski definition) is 2. The molecular weight excluding hydrogens is 136 g/mol. The molecule has 0 radical (unpaired) electrons. The van der Waals surface area contributed by atoms with Crippen LogP contribution in [0.3, 0.4) is 0 Å². The monoisotopic (exact) mass is 158 g/mol. The summed E-state index contributed by atoms with van der Waals surface area (Å²) in [6, 6.07) is 0. The Bertz CT molecular complexity index is 56.6. The van der Waals surface area contributed by atoms with Crippen molar-refractivity contribution in [2.45, 2.75) is 46.0 Å². The summed E-state index contributed by atoms with van der Waals surface area (Å²) >= 11 is 0. The van der Waals surface area contributed by atoms with Gasteiger partial charge in [0.25, 0.3) is 0 Å². The maximum atomic E-state index is 3.20. The van der Waals surface area contributed by atoms with Gasteiger partial charge in [0.05, 0.1) is 0 Å². The molecule has 0 fully saturated rings. The molecule has 0 rings (SSSR count). The first-order valence-corrected chi connectivity index (χ1v) is 4.87. The second-order valence-electron chi connectivity index (χ2n) is 2.91. The van der Waals surface area contributed by atoms with Crippen LogP contribution >= 0.6 is 0 Å². The van der Waals surface area contributed by atoms with Crippen molar-refractivity contribution in [2.24, 2.45) is 0 Å². The molecule has 0 saturated heterocycles. The molecule has 0 aromatic carbocycles. The second-order valence-corrected chi connectivity index (χ2v) is 2.91. The Balaban J connectivity index is 2.69. The normalized spacial score (nSPS) is 10.4. The molecule has 0 aliphatic rings. The van der Waals surface area contributed by atoms with Gasteiger partial charge >= 0.3 is 0 Å². The standard InChI is InChI=1S/C9H22N2/c1-3-5-7-9-11-10-8-6-4-2/h10-11H,3-9H2,1-2H3. The van der Waals surface area contributed by atoms with Crippen molar-refractivity contribution in [2.75, 3.05) is 13.1 Å². The molecule has 0 heterocycles. The van der Waals surface area contributed by atoms with E-state index in [1.54, 1.807) is 0 Å². The zero-order valence-electron chi connectivity index (χ0n) is 7.95. The van der Waals surface area contributed by atoms with E-state index in [1.807, 2.05) is 0 Å². The Morgan fingerprint density at radius 1 is 0.727 bits per heavy atom. The van der Waals surface area contributed by atoms with E-state index in [4.69, 9.17) is 0 Å². The molecule has 0 spiro atoms. The van der Waals surface area contributed by atoms with Gasteiger partial charge in [-0.2, -0.15) is 0 Å². The highest BCUT2D eigenvalue weighted by molar-refractivity contribution is 4.43. The summed E-state index contributed by atoms with van der Waals surface area (Å²) in [6.07, 6.45) is 6.46. The Morgan fingerprint density at radius 2 is 1.27 bits per heavy atom. The van der Waals surface area contributed by atoms with Crippen LogP contribution in [0.15, 0.2) is 0 Å². The van der Waals surface area contributed by atoms with Gasteiger partial charge in [-0.15, -0.1) is 0 Å². The highest BCUT2D eigenvalue weighted by atomic mass is 15.3. The third-order valence-corrected chi connectivity index (χ3v) is 1.69. The SMILES string of the molecule is CCCCCNNCCCC. The van der Waals surface area contributed by atoms with Gasteiger partial charge in [-0.3, -0.25) is 10.9 Å². The van der Waals surface area contributed by atoms with Crippen LogP contribution in [0.1, 0.15) is 46.0 Å². The fourth-order valence-electron chi connectivity index (χ4n) is 0.905. The van der Waals surface area contributed by atoms with Crippen molar-refractivity contribution in [3.8, 4) is 0 Å². The molecule has 0 aliphatic heterocycles. The Kier molecular flexibility index (Phi) is 9.85. The summed E-state index contributed by atoms with van der Waals surface area (Å²) in [5.41, 5.74) is 6.40. The molecule has 0 amide bonds. The number of rotatable bonds is 8. The zero-order valence-corrected chi connectivity index (χ0v) is 7.95. The maximum absolute atomic E-state index is 3.20. The van der Waals surface area contributed by atoms with Gasteiger partial charge in [-0.25, -0.2) is 0 Å². The lowest BCUT2D eigenvalue weighted by Crippen LogP contribution is -2.33. The lowest BCUT2D eigenvalue weighted by molar-refractivity contribution is 0.500. The summed E-state index contributed by atoms with van der Waals surface area (Å²) < 4.78 is 0. The minimum absolute atomic E-state index is 1.10. The Labute approximate surface area is 70.7 Å². The van der Waals surface area contributed by atoms with Gasteiger partial charge in [0, 0.05) is 13.1 Å². The lowest BCUT2D eigenvalue weighted by atomic mass is 10.2. The van der Waals surface area contributed by atoms with Crippen molar-refractivity contribution in [3.05, 3.63) is 0 Å². The summed E-state index contributed by atoms with van der Waals surface area (Å²) in [5, 5.41) is 0. The van der Waals surface area contributed by atoms with Crippen molar-refractivity contribution < 1.29 is 0 Å². The van der Waals surface area contributed by atoms with E-state index in [9.17, 15) is 0 Å². The fourth-order valence-corrected chi connectivity index (χ4v) is 0.905. The molecular formula is C9H22N2. The first-order valence-electron chi connectivity index (χ1n) is 4.87. The van der Waals surface area contributed by atoms with Crippen LogP contribution < -0.4 is 10.9 Å². The van der Waals surface area contributed by atoms with Gasteiger partial charge in [-0.1, -0.05) is 33.1 Å². The number of hydrogen-bond acceptors (Lipinski definition) is 2. The van der Waals surface area contributed by atoms with E-state index in [2.05, 4.69) is 24.7 Å². The highest BCUT2D eigenvalue weighted by Gasteiger charge is 1.85. The van der Waals surface area contributed by atoms with Crippen LogP contribution in [-0.4, -0.2) is 13.1 Å². The molecule has 2 N–H and O–H groups in total. The van der Waals surface area contributed by atoms with Crippen LogP contribution in [0.2, 0.25) is 0 Å². The molecule has 0 aromatic rings. The number of unbranched alkanes of at least 4 members (excludes halogenated alkanes) is 3. The quantitative estimate of drug-likeness (QED) is 0.417. The summed E-state index contributed by atoms with van der Waals surface area (Å²) in [4.78, 5) is 0. The van der Waals surface area contributed by atoms with E-state index in [0.717, 1.165) is 13.1 Å². The lowest BCUT2D eigenvalue weighted by Gasteiger charge is -2.04. The Morgan fingerprint density at radius 3 is 1.82 bits per heavy atom. The topological polar surface area (TPSA) is 24.1 Å². The summed E-state index contributed by atoms with van der Waals surface area (Å²) in [6.45, 7) is 6.64. The van der Waals surface area contributed by atoms with Crippen LogP contribution in [0.4, 0.5) is 0 Å². The second kappa shape index (κ2) is 9.92. The van der Waals surface area contributed by atoms with E-state index >= 15 is 0 Å². The van der Waals surface area contributed by atoms with Crippen LogP contribution in [-0.2, 0) is 0 Å². The average molecular weight is 158 g/mol. The minimum Gasteiger partial charge on any atom is -0.258 e. The molecule has 0 bridgehead atoms. The highest BCUT2D eigenvalue weighted by Crippen LogP contribution is 1.90. The van der Waals surface area contributed by atoms with Gasteiger partial charge in [0.2, 0.25) is 0 Å². The molecule has 0 saturated carbocycles. The van der Waals surface area contributed by atoms with E-state index in [0.29, 0.717) is 0 Å². The van der Waals surface area contributed by atoms with Crippen LogP contribution in [0.5, 0.6) is 0 Å². The van der Waals surface area contributed by atoms with Gasteiger partial charge in [0.15, 0.2) is 0 Å². The third kappa shape index (κ3) is 9.92. The maximum Gasteiger partial charge on any atom is 0.00997 e. The molecule has 0 aromatic heterocycles. The Hall–Kier alpha value is -0.0800. The predicted octanol–water partition coefficient (Wildman–Crippen LogP) is 2.07. The smallest absolute Gasteiger partial charge is 0.00997 e. The van der Waals surface area contributed by atoms with Crippen LogP contribution in [0, 0.1) is 0 Å². The minimum atomic E-state index is 1.10. The first kappa shape index (κ1) is 10.9. The molecule has 2 heteroatoms. The molecule has 68 valence electrons. The van der Waals surface area contributed by atoms with Gasteiger partial charge in [-0.05, 0) is 12.8 Å². The number of hydrazine groups is 1. The molecule has 2 nitrogen and oxygen atoms in total. The van der Waals surface area contributed by atoms with Crippen molar-refractivity contribution in [1.29, 1.82) is 0 Å². The van der Waals surface area contributed by atoms with E-state index < -0.39 is 0 Å². The molecule has 11 heavy (non-hydrogen) atoms. The average Bonchev–Trinajstić information content (AvgIpc) is 2.03. The van der Waals surface area contributed by atoms with Gasteiger partial charge in [0.1, 0.15) is 0 Å². The van der Waals surface area contributed by atoms with E-state index in [1.165, 1.54) is 32.1 Å². The van der Waals surface area contributed by atoms with Crippen molar-refractivity contribution >= 4 is 0 Å². The largest absolute Gasteiger partial charge is 0.258 e. The summed E-state index contributed by atoms with van der Waals surface area (Å²) in [5.74, 6) is 0. The molecule has 0 atom stereocenters. The molecule has 0 unspecified atom stereocenters. The predicted molar refractivity (Wildman–Crippen MR) is 50.4 cm³/mol. The summed E-state index contributed by atoms with van der Waals surface area (Å²) in [7, 11) is 0. The van der Waals surface area contributed by atoms with E-state index in [-0.39, 0.29) is 0 Å². The van der Waals surface area contributed by atoms with Crippen molar-refractivity contribution in [3.63, 3.8) is 0 Å². The zero-order chi connectivity index (χ0) is 8.36. The number of nitrogens with one attached hydrogen (secondary N) is 2. The first-order chi connectivity index (χ1) is 5.41. The fraction of sp³-hybridized carbons (Fsp3) is 1.00. The van der Waals surface area contributed by atoms with Crippen molar-refractivity contribution in [1.82, 2.24) is 10.9 Å². The van der Waals surface area contributed by atoms with Crippen LogP contribution in [0.25, 0.3) is 0 Å².